The second kappa shape index (κ2) is 4.65. The summed E-state index contributed by atoms with van der Waals surface area (Å²) < 4.78 is 0. The Labute approximate surface area is 86.4 Å². The molecule has 0 amide bonds. The van der Waals surface area contributed by atoms with E-state index in [0.29, 0.717) is 0 Å². The minimum Gasteiger partial charge on any atom is -0.300 e. The zero-order chi connectivity index (χ0) is 9.10. The smallest absolute Gasteiger partial charge is 0.0235 e. The van der Waals surface area contributed by atoms with Crippen molar-refractivity contribution in [2.24, 2.45) is 5.92 Å². The molecule has 0 aromatic heterocycles. The van der Waals surface area contributed by atoms with Crippen LogP contribution in [0.1, 0.15) is 38.5 Å². The van der Waals surface area contributed by atoms with Crippen LogP contribution in [-0.4, -0.2) is 29.9 Å². The molecule has 0 bridgehead atoms. The van der Waals surface area contributed by atoms with Crippen molar-refractivity contribution in [3.05, 3.63) is 0 Å². The number of hydrogen-bond donors (Lipinski definition) is 0. The molecule has 2 aliphatic rings. The highest BCUT2D eigenvalue weighted by atomic mass is 35.5. The predicted octanol–water partition coefficient (Wildman–Crippen LogP) is 2.88. The predicted molar refractivity (Wildman–Crippen MR) is 57.3 cm³/mol. The molecule has 2 fully saturated rings. The van der Waals surface area contributed by atoms with Gasteiger partial charge in [-0.3, -0.25) is 0 Å². The van der Waals surface area contributed by atoms with E-state index in [1.165, 1.54) is 51.6 Å². The molecule has 0 saturated heterocycles. The highest BCUT2D eigenvalue weighted by Gasteiger charge is 2.30. The Morgan fingerprint density at radius 1 is 1.15 bits per heavy atom. The molecule has 0 radical (unpaired) electrons. The van der Waals surface area contributed by atoms with Gasteiger partial charge in [-0.05, 0) is 44.6 Å². The minimum atomic E-state index is 0.827. The quantitative estimate of drug-likeness (QED) is 0.598. The highest BCUT2D eigenvalue weighted by molar-refractivity contribution is 6.17. The average molecular weight is 202 g/mol. The number of nitrogens with zero attached hydrogens (tertiary/aromatic N) is 1. The lowest BCUT2D eigenvalue weighted by molar-refractivity contribution is 0.122. The molecule has 2 aliphatic carbocycles. The Kier molecular flexibility index (Phi) is 3.51. The topological polar surface area (TPSA) is 3.24 Å². The van der Waals surface area contributed by atoms with Crippen LogP contribution in [-0.2, 0) is 0 Å². The lowest BCUT2D eigenvalue weighted by atomic mass is 9.91. The van der Waals surface area contributed by atoms with E-state index < -0.39 is 0 Å². The average Bonchev–Trinajstić information content (AvgIpc) is 2.80. The van der Waals surface area contributed by atoms with Crippen LogP contribution >= 0.6 is 11.6 Å². The van der Waals surface area contributed by atoms with Gasteiger partial charge in [0.15, 0.2) is 0 Å². The van der Waals surface area contributed by atoms with Gasteiger partial charge >= 0.3 is 0 Å². The zero-order valence-electron chi connectivity index (χ0n) is 8.34. The number of halogens is 1. The van der Waals surface area contributed by atoms with Gasteiger partial charge in [-0.15, -0.1) is 11.6 Å². The van der Waals surface area contributed by atoms with Crippen LogP contribution in [0.3, 0.4) is 0 Å². The van der Waals surface area contributed by atoms with E-state index >= 15 is 0 Å². The Balaban J connectivity index is 1.71. The van der Waals surface area contributed by atoms with Crippen molar-refractivity contribution in [3.8, 4) is 0 Å². The maximum absolute atomic E-state index is 5.74. The summed E-state index contributed by atoms with van der Waals surface area (Å²) in [6.07, 6.45) is 8.45. The summed E-state index contributed by atoms with van der Waals surface area (Å²) in [7, 11) is 0. The zero-order valence-corrected chi connectivity index (χ0v) is 9.10. The van der Waals surface area contributed by atoms with Gasteiger partial charge in [0.25, 0.3) is 0 Å². The molecule has 0 N–H and O–H groups in total. The van der Waals surface area contributed by atoms with Crippen LogP contribution in [0.4, 0.5) is 0 Å². The summed E-state index contributed by atoms with van der Waals surface area (Å²) in [6, 6.07) is 0.920. The summed E-state index contributed by atoms with van der Waals surface area (Å²) in [5.41, 5.74) is 0. The van der Waals surface area contributed by atoms with Gasteiger partial charge in [0.1, 0.15) is 0 Å². The summed E-state index contributed by atoms with van der Waals surface area (Å²) in [5.74, 6) is 1.87. The molecule has 0 aromatic carbocycles. The minimum absolute atomic E-state index is 0.827. The number of rotatable bonds is 6. The van der Waals surface area contributed by atoms with E-state index in [1.54, 1.807) is 0 Å². The van der Waals surface area contributed by atoms with Crippen molar-refractivity contribution in [1.82, 2.24) is 4.90 Å². The van der Waals surface area contributed by atoms with Gasteiger partial charge in [0, 0.05) is 18.5 Å². The first-order valence-corrected chi connectivity index (χ1v) is 6.23. The lowest BCUT2D eigenvalue weighted by Crippen LogP contribution is -2.42. The molecule has 0 spiro atoms. The first kappa shape index (κ1) is 9.79. The van der Waals surface area contributed by atoms with Crippen molar-refractivity contribution in [1.29, 1.82) is 0 Å². The molecule has 2 heteroatoms. The Hall–Kier alpha value is 0.250. The van der Waals surface area contributed by atoms with Gasteiger partial charge in [-0.2, -0.15) is 0 Å². The van der Waals surface area contributed by atoms with Crippen LogP contribution in [0.25, 0.3) is 0 Å². The van der Waals surface area contributed by atoms with Crippen LogP contribution in [0.5, 0.6) is 0 Å². The molecule has 0 heterocycles. The number of hydrogen-bond acceptors (Lipinski definition) is 1. The molecule has 13 heavy (non-hydrogen) atoms. The fourth-order valence-electron chi connectivity index (χ4n) is 2.07. The fourth-order valence-corrected chi connectivity index (χ4v) is 2.19. The van der Waals surface area contributed by atoms with E-state index in [9.17, 15) is 0 Å². The van der Waals surface area contributed by atoms with Gasteiger partial charge in [0.2, 0.25) is 0 Å². The van der Waals surface area contributed by atoms with Gasteiger partial charge < -0.3 is 4.90 Å². The molecule has 76 valence electrons. The molecule has 0 atom stereocenters. The molecule has 2 rings (SSSR count). The van der Waals surface area contributed by atoms with Crippen LogP contribution < -0.4 is 0 Å². The highest BCUT2D eigenvalue weighted by Crippen LogP contribution is 2.33. The van der Waals surface area contributed by atoms with Crippen LogP contribution in [0.2, 0.25) is 0 Å². The van der Waals surface area contributed by atoms with Gasteiger partial charge in [-0.25, -0.2) is 0 Å². The maximum Gasteiger partial charge on any atom is 0.0235 e. The maximum atomic E-state index is 5.74. The molecule has 2 saturated carbocycles. The van der Waals surface area contributed by atoms with Crippen LogP contribution in [0, 0.1) is 5.92 Å². The van der Waals surface area contributed by atoms with Gasteiger partial charge in [-0.1, -0.05) is 6.42 Å². The molecule has 1 nitrogen and oxygen atoms in total. The first-order valence-electron chi connectivity index (χ1n) is 5.70. The normalized spacial score (nSPS) is 23.5. The first-order chi connectivity index (χ1) is 6.40. The third kappa shape index (κ3) is 2.85. The Morgan fingerprint density at radius 2 is 1.92 bits per heavy atom. The van der Waals surface area contributed by atoms with Gasteiger partial charge in [0.05, 0.1) is 0 Å². The standard InChI is InChI=1S/C11H20ClN/c12-7-2-8-13(9-10-5-6-10)11-3-1-4-11/h10-11H,1-9H2. The van der Waals surface area contributed by atoms with Crippen molar-refractivity contribution in [2.75, 3.05) is 19.0 Å². The lowest BCUT2D eigenvalue weighted by Gasteiger charge is -2.37. The van der Waals surface area contributed by atoms with Crippen LogP contribution in [0.15, 0.2) is 0 Å². The van der Waals surface area contributed by atoms with Crippen molar-refractivity contribution in [3.63, 3.8) is 0 Å². The van der Waals surface area contributed by atoms with E-state index in [4.69, 9.17) is 11.6 Å². The monoisotopic (exact) mass is 201 g/mol. The fraction of sp³-hybridized carbons (Fsp3) is 1.00. The third-order valence-electron chi connectivity index (χ3n) is 3.36. The molecular formula is C11H20ClN. The molecule has 0 aliphatic heterocycles. The summed E-state index contributed by atoms with van der Waals surface area (Å²) >= 11 is 5.74. The summed E-state index contributed by atoms with van der Waals surface area (Å²) in [5, 5.41) is 0. The second-order valence-electron chi connectivity index (χ2n) is 4.57. The van der Waals surface area contributed by atoms with E-state index in [2.05, 4.69) is 4.90 Å². The number of alkyl halides is 1. The SMILES string of the molecule is ClCCCN(CC1CC1)C1CCC1. The third-order valence-corrected chi connectivity index (χ3v) is 3.63. The molecular weight excluding hydrogens is 182 g/mol. The Bertz CT molecular complexity index is 152. The van der Waals surface area contributed by atoms with E-state index in [1.807, 2.05) is 0 Å². The van der Waals surface area contributed by atoms with Crippen molar-refractivity contribution >= 4 is 11.6 Å². The second-order valence-corrected chi connectivity index (χ2v) is 4.94. The summed E-state index contributed by atoms with van der Waals surface area (Å²) in [6.45, 7) is 2.60. The molecule has 0 unspecified atom stereocenters. The Morgan fingerprint density at radius 3 is 2.38 bits per heavy atom. The molecule has 0 aromatic rings. The van der Waals surface area contributed by atoms with Crippen molar-refractivity contribution < 1.29 is 0 Å². The van der Waals surface area contributed by atoms with Crippen molar-refractivity contribution in [2.45, 2.75) is 44.6 Å². The van der Waals surface area contributed by atoms with E-state index in [0.717, 1.165) is 17.8 Å². The largest absolute Gasteiger partial charge is 0.300 e. The summed E-state index contributed by atoms with van der Waals surface area (Å²) in [4.78, 5) is 2.70. The van der Waals surface area contributed by atoms with E-state index in [-0.39, 0.29) is 0 Å².